The lowest BCUT2D eigenvalue weighted by Crippen LogP contribution is -2.44. The zero-order chi connectivity index (χ0) is 14.4. The summed E-state index contributed by atoms with van der Waals surface area (Å²) in [6.45, 7) is 10.7. The molecular formula is C16H34N2O. The van der Waals surface area contributed by atoms with E-state index in [0.717, 1.165) is 6.42 Å². The maximum absolute atomic E-state index is 9.38. The van der Waals surface area contributed by atoms with E-state index in [2.05, 4.69) is 31.0 Å². The topological polar surface area (TPSA) is 35.5 Å². The van der Waals surface area contributed by atoms with E-state index < -0.39 is 0 Å². The Hall–Kier alpha value is -0.120. The predicted octanol–water partition coefficient (Wildman–Crippen LogP) is 2.64. The quantitative estimate of drug-likeness (QED) is 0.712. The zero-order valence-electron chi connectivity index (χ0n) is 13.5. The summed E-state index contributed by atoms with van der Waals surface area (Å²) in [5.74, 6) is 0. The molecule has 0 aromatic carbocycles. The van der Waals surface area contributed by atoms with Gasteiger partial charge in [-0.2, -0.15) is 0 Å². The number of likely N-dealkylation sites (tertiary alicyclic amines) is 1. The van der Waals surface area contributed by atoms with Crippen LogP contribution in [-0.2, 0) is 0 Å². The average Bonchev–Trinajstić information content (AvgIpc) is 2.48. The van der Waals surface area contributed by atoms with Gasteiger partial charge < -0.3 is 15.3 Å². The third-order valence-corrected chi connectivity index (χ3v) is 5.57. The van der Waals surface area contributed by atoms with Crippen LogP contribution in [-0.4, -0.2) is 48.8 Å². The third kappa shape index (κ3) is 4.73. The number of hydrogen-bond acceptors (Lipinski definition) is 3. The number of aliphatic hydroxyl groups excluding tert-OH is 1. The van der Waals surface area contributed by atoms with Crippen molar-refractivity contribution in [1.29, 1.82) is 0 Å². The second-order valence-corrected chi connectivity index (χ2v) is 6.62. The minimum atomic E-state index is -0.105. The standard InChI is InChI=1S/C16H34N2O/c1-5-16(6-2)9-12-18(13-10-16)11-7-8-15(3,14-19)17-4/h17,19H,5-14H2,1-4H3. The van der Waals surface area contributed by atoms with Gasteiger partial charge >= 0.3 is 0 Å². The fraction of sp³-hybridized carbons (Fsp3) is 1.00. The van der Waals surface area contributed by atoms with E-state index in [4.69, 9.17) is 0 Å². The van der Waals surface area contributed by atoms with Crippen LogP contribution < -0.4 is 5.32 Å². The molecule has 114 valence electrons. The van der Waals surface area contributed by atoms with Gasteiger partial charge in [-0.05, 0) is 64.7 Å². The molecule has 2 N–H and O–H groups in total. The molecule has 0 aliphatic carbocycles. The van der Waals surface area contributed by atoms with Crippen molar-refractivity contribution in [2.24, 2.45) is 5.41 Å². The van der Waals surface area contributed by atoms with Gasteiger partial charge in [0, 0.05) is 5.54 Å². The van der Waals surface area contributed by atoms with E-state index in [1.165, 1.54) is 51.7 Å². The SMILES string of the molecule is CCC1(CC)CCN(CCCC(C)(CO)NC)CC1. The summed E-state index contributed by atoms with van der Waals surface area (Å²) in [7, 11) is 1.94. The predicted molar refractivity (Wildman–Crippen MR) is 82.5 cm³/mol. The molecule has 1 rings (SSSR count). The summed E-state index contributed by atoms with van der Waals surface area (Å²) < 4.78 is 0. The van der Waals surface area contributed by atoms with Crippen molar-refractivity contribution in [2.45, 2.75) is 64.8 Å². The van der Waals surface area contributed by atoms with Crippen LogP contribution in [0.3, 0.4) is 0 Å². The lowest BCUT2D eigenvalue weighted by Gasteiger charge is -2.41. The van der Waals surface area contributed by atoms with Crippen molar-refractivity contribution in [3.8, 4) is 0 Å². The Kier molecular flexibility index (Phi) is 6.78. The van der Waals surface area contributed by atoms with E-state index in [1.54, 1.807) is 0 Å². The first-order valence-corrected chi connectivity index (χ1v) is 8.05. The number of aliphatic hydroxyl groups is 1. The maximum Gasteiger partial charge on any atom is 0.0610 e. The number of nitrogens with zero attached hydrogens (tertiary/aromatic N) is 1. The molecule has 1 unspecified atom stereocenters. The highest BCUT2D eigenvalue weighted by Crippen LogP contribution is 2.37. The normalized spacial score (nSPS) is 23.2. The molecule has 0 radical (unpaired) electrons. The minimum Gasteiger partial charge on any atom is -0.394 e. The number of likely N-dealkylation sites (N-methyl/N-ethyl adjacent to an activating group) is 1. The van der Waals surface area contributed by atoms with E-state index >= 15 is 0 Å². The molecule has 3 heteroatoms. The highest BCUT2D eigenvalue weighted by atomic mass is 16.3. The second kappa shape index (κ2) is 7.61. The Morgan fingerprint density at radius 1 is 1.21 bits per heavy atom. The van der Waals surface area contributed by atoms with Crippen molar-refractivity contribution in [3.05, 3.63) is 0 Å². The van der Waals surface area contributed by atoms with Gasteiger partial charge in [-0.25, -0.2) is 0 Å². The fourth-order valence-corrected chi connectivity index (χ4v) is 3.18. The zero-order valence-corrected chi connectivity index (χ0v) is 13.5. The van der Waals surface area contributed by atoms with Crippen LogP contribution in [0.2, 0.25) is 0 Å². The van der Waals surface area contributed by atoms with Crippen LogP contribution in [0.5, 0.6) is 0 Å². The Bertz CT molecular complexity index is 237. The molecule has 1 atom stereocenters. The largest absolute Gasteiger partial charge is 0.394 e. The van der Waals surface area contributed by atoms with Crippen LogP contribution in [0.1, 0.15) is 59.3 Å². The fourth-order valence-electron chi connectivity index (χ4n) is 3.18. The van der Waals surface area contributed by atoms with Crippen molar-refractivity contribution >= 4 is 0 Å². The summed E-state index contributed by atoms with van der Waals surface area (Å²) in [6.07, 6.45) is 7.61. The van der Waals surface area contributed by atoms with Gasteiger partial charge in [-0.1, -0.05) is 26.7 Å². The van der Waals surface area contributed by atoms with E-state index in [9.17, 15) is 5.11 Å². The first-order chi connectivity index (χ1) is 9.03. The summed E-state index contributed by atoms with van der Waals surface area (Å²) in [4.78, 5) is 2.61. The smallest absolute Gasteiger partial charge is 0.0610 e. The second-order valence-electron chi connectivity index (χ2n) is 6.62. The summed E-state index contributed by atoms with van der Waals surface area (Å²) in [6, 6.07) is 0. The minimum absolute atomic E-state index is 0.105. The molecule has 1 saturated heterocycles. The van der Waals surface area contributed by atoms with Crippen molar-refractivity contribution in [2.75, 3.05) is 33.3 Å². The number of hydrogen-bond donors (Lipinski definition) is 2. The summed E-state index contributed by atoms with van der Waals surface area (Å²) >= 11 is 0. The number of piperidine rings is 1. The maximum atomic E-state index is 9.38. The summed E-state index contributed by atoms with van der Waals surface area (Å²) in [5.41, 5.74) is 0.521. The molecule has 1 aliphatic rings. The molecule has 0 amide bonds. The van der Waals surface area contributed by atoms with E-state index in [1.807, 2.05) is 7.05 Å². The number of nitrogens with one attached hydrogen (secondary N) is 1. The molecule has 0 saturated carbocycles. The van der Waals surface area contributed by atoms with E-state index in [-0.39, 0.29) is 12.1 Å². The monoisotopic (exact) mass is 270 g/mol. The van der Waals surface area contributed by atoms with Crippen LogP contribution in [0.15, 0.2) is 0 Å². The van der Waals surface area contributed by atoms with Crippen LogP contribution in [0.4, 0.5) is 0 Å². The lowest BCUT2D eigenvalue weighted by molar-refractivity contribution is 0.0902. The first-order valence-electron chi connectivity index (χ1n) is 8.05. The highest BCUT2D eigenvalue weighted by Gasteiger charge is 2.31. The van der Waals surface area contributed by atoms with Crippen molar-refractivity contribution in [1.82, 2.24) is 10.2 Å². The van der Waals surface area contributed by atoms with Crippen molar-refractivity contribution < 1.29 is 5.11 Å². The van der Waals surface area contributed by atoms with Crippen LogP contribution in [0, 0.1) is 5.41 Å². The molecule has 1 fully saturated rings. The molecule has 1 heterocycles. The van der Waals surface area contributed by atoms with Gasteiger partial charge in [0.2, 0.25) is 0 Å². The molecule has 3 nitrogen and oxygen atoms in total. The Labute approximate surface area is 119 Å². The van der Waals surface area contributed by atoms with Crippen LogP contribution >= 0.6 is 0 Å². The van der Waals surface area contributed by atoms with E-state index in [0.29, 0.717) is 5.41 Å². The average molecular weight is 270 g/mol. The van der Waals surface area contributed by atoms with Gasteiger partial charge in [0.15, 0.2) is 0 Å². The Balaban J connectivity index is 2.27. The molecule has 0 bridgehead atoms. The Morgan fingerprint density at radius 2 is 1.79 bits per heavy atom. The molecule has 0 aromatic rings. The summed E-state index contributed by atoms with van der Waals surface area (Å²) in [5, 5.41) is 12.6. The molecular weight excluding hydrogens is 236 g/mol. The first kappa shape index (κ1) is 16.9. The molecule has 1 aliphatic heterocycles. The molecule has 19 heavy (non-hydrogen) atoms. The van der Waals surface area contributed by atoms with Gasteiger partial charge in [0.05, 0.1) is 6.61 Å². The van der Waals surface area contributed by atoms with Gasteiger partial charge in [0.1, 0.15) is 0 Å². The van der Waals surface area contributed by atoms with Gasteiger partial charge in [0.25, 0.3) is 0 Å². The molecule has 0 spiro atoms. The Morgan fingerprint density at radius 3 is 2.21 bits per heavy atom. The molecule has 0 aromatic heterocycles. The third-order valence-electron chi connectivity index (χ3n) is 5.57. The number of rotatable bonds is 8. The van der Waals surface area contributed by atoms with Crippen molar-refractivity contribution in [3.63, 3.8) is 0 Å². The lowest BCUT2D eigenvalue weighted by atomic mass is 9.74. The van der Waals surface area contributed by atoms with Gasteiger partial charge in [-0.15, -0.1) is 0 Å². The van der Waals surface area contributed by atoms with Gasteiger partial charge in [-0.3, -0.25) is 0 Å². The highest BCUT2D eigenvalue weighted by molar-refractivity contribution is 4.85. The van der Waals surface area contributed by atoms with Crippen LogP contribution in [0.25, 0.3) is 0 Å².